The fourth-order valence-electron chi connectivity index (χ4n) is 2.32. The number of hydrogen-bond acceptors (Lipinski definition) is 5. The molecule has 0 unspecified atom stereocenters. The van der Waals surface area contributed by atoms with E-state index in [2.05, 4.69) is 21.2 Å². The minimum atomic E-state index is -0.399. The van der Waals surface area contributed by atoms with Gasteiger partial charge in [-0.25, -0.2) is 0 Å². The Morgan fingerprint density at radius 1 is 1.10 bits per heavy atom. The van der Waals surface area contributed by atoms with Gasteiger partial charge in [0.15, 0.2) is 5.76 Å². The fourth-order valence-corrected chi connectivity index (χ4v) is 3.44. The number of anilines is 1. The molecule has 0 aliphatic rings. The summed E-state index contributed by atoms with van der Waals surface area (Å²) in [4.78, 5) is 26.7. The van der Waals surface area contributed by atoms with Crippen molar-refractivity contribution >= 4 is 44.5 Å². The number of halogens is 1. The monoisotopic (exact) mass is 474 g/mol. The van der Waals surface area contributed by atoms with Gasteiger partial charge in [0.1, 0.15) is 18.1 Å². The first-order valence-corrected chi connectivity index (χ1v) is 10.3. The molecule has 3 aromatic rings. The third-order valence-electron chi connectivity index (χ3n) is 3.76. The number of thioether (sulfide) groups is 1. The van der Waals surface area contributed by atoms with Gasteiger partial charge in [0.05, 0.1) is 5.69 Å². The predicted molar refractivity (Wildman–Crippen MR) is 117 cm³/mol. The number of para-hydroxylation sites is 1. The molecule has 29 heavy (non-hydrogen) atoms. The van der Waals surface area contributed by atoms with Crippen LogP contribution in [0.5, 0.6) is 5.75 Å². The Hall–Kier alpha value is -2.71. The zero-order valence-corrected chi connectivity index (χ0v) is 18.2. The molecular formula is C21H19BrN2O4S. The summed E-state index contributed by atoms with van der Waals surface area (Å²) in [7, 11) is 3.36. The van der Waals surface area contributed by atoms with Crippen LogP contribution < -0.4 is 10.1 Å². The molecule has 0 fully saturated rings. The van der Waals surface area contributed by atoms with Crippen molar-refractivity contribution < 1.29 is 18.7 Å². The quantitative estimate of drug-likeness (QED) is 0.467. The second-order valence-electron chi connectivity index (χ2n) is 6.22. The molecule has 2 amide bonds. The normalized spacial score (nSPS) is 10.4. The van der Waals surface area contributed by atoms with Crippen LogP contribution in [0, 0.1) is 0 Å². The van der Waals surface area contributed by atoms with E-state index in [9.17, 15) is 9.59 Å². The van der Waals surface area contributed by atoms with Crippen LogP contribution in [0.3, 0.4) is 0 Å². The highest BCUT2D eigenvalue weighted by Gasteiger charge is 2.16. The smallest absolute Gasteiger partial charge is 0.291 e. The SMILES string of the molecule is CN(C)C(=O)Sc1ccccc1NC(=O)c1ccc(COc2cccc(Br)c2)o1. The van der Waals surface area contributed by atoms with Gasteiger partial charge in [-0.05, 0) is 54.2 Å². The number of nitrogens with zero attached hydrogens (tertiary/aromatic N) is 1. The second-order valence-corrected chi connectivity index (χ2v) is 8.13. The van der Waals surface area contributed by atoms with Gasteiger partial charge in [0.2, 0.25) is 0 Å². The highest BCUT2D eigenvalue weighted by Crippen LogP contribution is 2.29. The van der Waals surface area contributed by atoms with Crippen LogP contribution in [0.2, 0.25) is 0 Å². The molecular weight excluding hydrogens is 456 g/mol. The third kappa shape index (κ3) is 5.88. The van der Waals surface area contributed by atoms with Crippen molar-refractivity contribution in [2.45, 2.75) is 11.5 Å². The minimum Gasteiger partial charge on any atom is -0.486 e. The van der Waals surface area contributed by atoms with E-state index in [1.165, 1.54) is 4.90 Å². The summed E-state index contributed by atoms with van der Waals surface area (Å²) in [5, 5.41) is 2.67. The lowest BCUT2D eigenvalue weighted by molar-refractivity contribution is 0.0992. The molecule has 0 saturated heterocycles. The first-order chi connectivity index (χ1) is 13.9. The Balaban J connectivity index is 1.64. The van der Waals surface area contributed by atoms with Gasteiger partial charge in [-0.2, -0.15) is 0 Å². The lowest BCUT2D eigenvalue weighted by Gasteiger charge is -2.12. The molecule has 8 heteroatoms. The number of carbonyl (C=O) groups excluding carboxylic acids is 2. The number of ether oxygens (including phenoxy) is 1. The summed E-state index contributed by atoms with van der Waals surface area (Å²) in [5.41, 5.74) is 0.543. The van der Waals surface area contributed by atoms with E-state index < -0.39 is 5.91 Å². The van der Waals surface area contributed by atoms with E-state index in [1.807, 2.05) is 30.3 Å². The maximum Gasteiger partial charge on any atom is 0.291 e. The lowest BCUT2D eigenvalue weighted by Crippen LogP contribution is -2.17. The van der Waals surface area contributed by atoms with Gasteiger partial charge in [0.25, 0.3) is 11.1 Å². The Bertz CT molecular complexity index is 1020. The van der Waals surface area contributed by atoms with Gasteiger partial charge in [-0.15, -0.1) is 0 Å². The van der Waals surface area contributed by atoms with Gasteiger partial charge in [0, 0.05) is 23.5 Å². The molecule has 0 atom stereocenters. The van der Waals surface area contributed by atoms with Crippen molar-refractivity contribution in [2.75, 3.05) is 19.4 Å². The highest BCUT2D eigenvalue weighted by atomic mass is 79.9. The lowest BCUT2D eigenvalue weighted by atomic mass is 10.3. The molecule has 0 spiro atoms. The second kappa shape index (κ2) is 9.67. The van der Waals surface area contributed by atoms with E-state index in [1.54, 1.807) is 44.4 Å². The molecule has 0 saturated carbocycles. The number of benzene rings is 2. The zero-order chi connectivity index (χ0) is 20.8. The first kappa shape index (κ1) is 21.0. The molecule has 0 aliphatic carbocycles. The van der Waals surface area contributed by atoms with Crippen LogP contribution in [0.25, 0.3) is 0 Å². The van der Waals surface area contributed by atoms with Gasteiger partial charge >= 0.3 is 0 Å². The van der Waals surface area contributed by atoms with Crippen molar-refractivity contribution in [3.63, 3.8) is 0 Å². The third-order valence-corrected chi connectivity index (χ3v) is 5.37. The van der Waals surface area contributed by atoms with E-state index >= 15 is 0 Å². The fraction of sp³-hybridized carbons (Fsp3) is 0.143. The molecule has 6 nitrogen and oxygen atoms in total. The Kier molecular flexibility index (Phi) is 7.00. The van der Waals surface area contributed by atoms with Gasteiger partial charge in [-0.3, -0.25) is 9.59 Å². The van der Waals surface area contributed by atoms with Gasteiger partial charge < -0.3 is 19.4 Å². The van der Waals surface area contributed by atoms with Crippen molar-refractivity contribution in [3.8, 4) is 5.75 Å². The number of furan rings is 1. The average molecular weight is 475 g/mol. The Morgan fingerprint density at radius 2 is 1.90 bits per heavy atom. The topological polar surface area (TPSA) is 71.8 Å². The van der Waals surface area contributed by atoms with Crippen LogP contribution >= 0.6 is 27.7 Å². The Labute approximate surface area is 181 Å². The molecule has 2 aromatic carbocycles. The van der Waals surface area contributed by atoms with E-state index in [4.69, 9.17) is 9.15 Å². The average Bonchev–Trinajstić information content (AvgIpc) is 3.17. The number of carbonyl (C=O) groups is 2. The van der Waals surface area contributed by atoms with Crippen molar-refractivity contribution in [1.29, 1.82) is 0 Å². The van der Waals surface area contributed by atoms with Crippen LogP contribution in [0.4, 0.5) is 10.5 Å². The van der Waals surface area contributed by atoms with Crippen molar-refractivity contribution in [1.82, 2.24) is 4.90 Å². The summed E-state index contributed by atoms with van der Waals surface area (Å²) >= 11 is 4.44. The zero-order valence-electron chi connectivity index (χ0n) is 15.8. The molecule has 1 N–H and O–H groups in total. The molecule has 0 bridgehead atoms. The number of nitrogens with one attached hydrogen (secondary N) is 1. The summed E-state index contributed by atoms with van der Waals surface area (Å²) in [6, 6.07) is 17.9. The van der Waals surface area contributed by atoms with E-state index in [-0.39, 0.29) is 17.6 Å². The standard InChI is InChI=1S/C21H19BrN2O4S/c1-24(2)21(26)29-19-9-4-3-8-17(19)23-20(25)18-11-10-16(28-18)13-27-15-7-5-6-14(22)12-15/h3-12H,13H2,1-2H3,(H,23,25). The number of rotatable bonds is 6. The molecule has 3 rings (SSSR count). The van der Waals surface area contributed by atoms with Crippen LogP contribution in [-0.4, -0.2) is 30.1 Å². The molecule has 1 heterocycles. The predicted octanol–water partition coefficient (Wildman–Crippen LogP) is 5.65. The van der Waals surface area contributed by atoms with Crippen molar-refractivity contribution in [2.24, 2.45) is 0 Å². The molecule has 0 aliphatic heterocycles. The Morgan fingerprint density at radius 3 is 2.66 bits per heavy atom. The first-order valence-electron chi connectivity index (χ1n) is 8.69. The highest BCUT2D eigenvalue weighted by molar-refractivity contribution is 9.10. The number of hydrogen-bond donors (Lipinski definition) is 1. The van der Waals surface area contributed by atoms with Crippen LogP contribution in [0.1, 0.15) is 16.3 Å². The van der Waals surface area contributed by atoms with Gasteiger partial charge in [-0.1, -0.05) is 34.1 Å². The summed E-state index contributed by atoms with van der Waals surface area (Å²) in [6.45, 7) is 0.202. The largest absolute Gasteiger partial charge is 0.486 e. The number of amides is 2. The van der Waals surface area contributed by atoms with E-state index in [0.29, 0.717) is 22.1 Å². The summed E-state index contributed by atoms with van der Waals surface area (Å²) in [5.74, 6) is 0.986. The maximum absolute atomic E-state index is 12.6. The molecule has 1 aromatic heterocycles. The molecule has 0 radical (unpaired) electrons. The maximum atomic E-state index is 12.6. The summed E-state index contributed by atoms with van der Waals surface area (Å²) in [6.07, 6.45) is 0. The minimum absolute atomic E-state index is 0.128. The van der Waals surface area contributed by atoms with E-state index in [0.717, 1.165) is 16.2 Å². The van der Waals surface area contributed by atoms with Crippen LogP contribution in [-0.2, 0) is 6.61 Å². The van der Waals surface area contributed by atoms with Crippen LogP contribution in [0.15, 0.2) is 74.4 Å². The summed E-state index contributed by atoms with van der Waals surface area (Å²) < 4.78 is 12.2. The van der Waals surface area contributed by atoms with Crippen molar-refractivity contribution in [3.05, 3.63) is 76.7 Å². The molecule has 150 valence electrons.